The molecular formula is C24H33N3. The van der Waals surface area contributed by atoms with Crippen molar-refractivity contribution in [2.45, 2.75) is 70.3 Å². The molecule has 2 heterocycles. The van der Waals surface area contributed by atoms with Gasteiger partial charge in [-0.3, -0.25) is 0 Å². The normalized spacial score (nSPS) is 21.5. The molecule has 4 rings (SSSR count). The highest BCUT2D eigenvalue weighted by Gasteiger charge is 2.37. The Morgan fingerprint density at radius 1 is 0.926 bits per heavy atom. The summed E-state index contributed by atoms with van der Waals surface area (Å²) >= 11 is 0. The van der Waals surface area contributed by atoms with E-state index in [1.807, 2.05) is 0 Å². The summed E-state index contributed by atoms with van der Waals surface area (Å²) in [6, 6.07) is 13.9. The Kier molecular flexibility index (Phi) is 4.75. The molecule has 3 nitrogen and oxygen atoms in total. The van der Waals surface area contributed by atoms with Crippen molar-refractivity contribution in [3.05, 3.63) is 47.5 Å². The molecule has 0 spiro atoms. The lowest BCUT2D eigenvalue weighted by molar-refractivity contribution is 0.332. The first-order valence-corrected chi connectivity index (χ1v) is 10.4. The van der Waals surface area contributed by atoms with Gasteiger partial charge in [0.25, 0.3) is 0 Å². The van der Waals surface area contributed by atoms with Crippen molar-refractivity contribution in [3.63, 3.8) is 0 Å². The fraction of sp³-hybridized carbons (Fsp3) is 0.542. The van der Waals surface area contributed by atoms with Crippen molar-refractivity contribution in [2.24, 2.45) is 0 Å². The van der Waals surface area contributed by atoms with Gasteiger partial charge in [-0.05, 0) is 78.9 Å². The maximum Gasteiger partial charge on any atom is 0.126 e. The number of aromatic nitrogens is 1. The summed E-state index contributed by atoms with van der Waals surface area (Å²) in [6.07, 6.45) is 4.81. The van der Waals surface area contributed by atoms with Gasteiger partial charge in [0.05, 0.1) is 5.69 Å². The second-order valence-corrected chi connectivity index (χ2v) is 9.60. The average molecular weight is 364 g/mol. The zero-order chi connectivity index (χ0) is 19.1. The van der Waals surface area contributed by atoms with Gasteiger partial charge in [-0.15, -0.1) is 0 Å². The van der Waals surface area contributed by atoms with Crippen LogP contribution in [0.15, 0.2) is 36.4 Å². The van der Waals surface area contributed by atoms with Crippen molar-refractivity contribution in [1.29, 1.82) is 0 Å². The number of anilines is 1. The van der Waals surface area contributed by atoms with E-state index >= 15 is 0 Å². The Hall–Kier alpha value is -1.87. The van der Waals surface area contributed by atoms with Crippen molar-refractivity contribution in [2.75, 3.05) is 18.4 Å². The van der Waals surface area contributed by atoms with Gasteiger partial charge in [-0.25, -0.2) is 4.98 Å². The Morgan fingerprint density at radius 2 is 1.63 bits per heavy atom. The van der Waals surface area contributed by atoms with Crippen LogP contribution in [0.4, 0.5) is 5.82 Å². The van der Waals surface area contributed by atoms with E-state index in [9.17, 15) is 0 Å². The summed E-state index contributed by atoms with van der Waals surface area (Å²) in [4.78, 5) is 4.94. The molecule has 0 radical (unpaired) electrons. The maximum atomic E-state index is 4.94. The summed E-state index contributed by atoms with van der Waals surface area (Å²) in [5, 5.41) is 7.05. The molecule has 0 atom stereocenters. The van der Waals surface area contributed by atoms with Crippen LogP contribution in [0.1, 0.15) is 64.5 Å². The van der Waals surface area contributed by atoms with E-state index in [1.165, 1.54) is 29.5 Å². The zero-order valence-electron chi connectivity index (χ0n) is 17.2. The van der Waals surface area contributed by atoms with E-state index < -0.39 is 0 Å². The maximum absolute atomic E-state index is 4.94. The number of nitrogens with zero attached hydrogens (tertiary/aromatic N) is 1. The lowest BCUT2D eigenvalue weighted by atomic mass is 9.63. The van der Waals surface area contributed by atoms with Crippen LogP contribution in [0, 0.1) is 0 Å². The molecule has 144 valence electrons. The monoisotopic (exact) mass is 363 g/mol. The number of nitrogens with one attached hydrogen (secondary N) is 2. The van der Waals surface area contributed by atoms with Gasteiger partial charge in [-0.1, -0.05) is 45.9 Å². The van der Waals surface area contributed by atoms with Gasteiger partial charge in [0.2, 0.25) is 0 Å². The number of hydrogen-bond donors (Lipinski definition) is 2. The molecule has 1 aromatic carbocycles. The van der Waals surface area contributed by atoms with Crippen LogP contribution < -0.4 is 10.6 Å². The summed E-state index contributed by atoms with van der Waals surface area (Å²) in [5.74, 6) is 0.997. The third-order valence-corrected chi connectivity index (χ3v) is 6.59. The van der Waals surface area contributed by atoms with Crippen molar-refractivity contribution < 1.29 is 0 Å². The van der Waals surface area contributed by atoms with E-state index in [2.05, 4.69) is 74.7 Å². The fourth-order valence-electron chi connectivity index (χ4n) is 4.60. The van der Waals surface area contributed by atoms with Crippen LogP contribution in [-0.4, -0.2) is 24.1 Å². The van der Waals surface area contributed by atoms with Gasteiger partial charge in [0.1, 0.15) is 5.82 Å². The fourth-order valence-corrected chi connectivity index (χ4v) is 4.60. The largest absolute Gasteiger partial charge is 0.367 e. The number of rotatable bonds is 3. The van der Waals surface area contributed by atoms with Gasteiger partial charge >= 0.3 is 0 Å². The minimum Gasteiger partial charge on any atom is -0.367 e. The molecule has 1 aromatic heterocycles. The first-order chi connectivity index (χ1) is 12.9. The molecule has 2 aromatic rings. The predicted molar refractivity (Wildman–Crippen MR) is 114 cm³/mol. The highest BCUT2D eigenvalue weighted by Crippen LogP contribution is 2.46. The molecule has 3 heteroatoms. The van der Waals surface area contributed by atoms with Crippen LogP contribution in [0.5, 0.6) is 0 Å². The molecule has 1 saturated heterocycles. The Bertz CT molecular complexity index is 816. The quantitative estimate of drug-likeness (QED) is 0.781. The third kappa shape index (κ3) is 3.75. The average Bonchev–Trinajstić information content (AvgIpc) is 2.66. The molecule has 2 aliphatic rings. The molecule has 0 bridgehead atoms. The van der Waals surface area contributed by atoms with Gasteiger partial charge < -0.3 is 10.6 Å². The van der Waals surface area contributed by atoms with Crippen LogP contribution in [0.2, 0.25) is 0 Å². The summed E-state index contributed by atoms with van der Waals surface area (Å²) < 4.78 is 0. The van der Waals surface area contributed by atoms with Crippen LogP contribution in [-0.2, 0) is 10.8 Å². The minimum atomic E-state index is 0.228. The van der Waals surface area contributed by atoms with Crippen LogP contribution in [0.3, 0.4) is 0 Å². The van der Waals surface area contributed by atoms with Gasteiger partial charge in [-0.2, -0.15) is 0 Å². The predicted octanol–water partition coefficient (Wildman–Crippen LogP) is 5.26. The lowest BCUT2D eigenvalue weighted by Crippen LogP contribution is -2.35. The number of pyridine rings is 1. The Morgan fingerprint density at radius 3 is 2.37 bits per heavy atom. The van der Waals surface area contributed by atoms with E-state index in [0.29, 0.717) is 6.04 Å². The molecule has 1 aliphatic carbocycles. The van der Waals surface area contributed by atoms with Gasteiger partial charge in [0, 0.05) is 11.6 Å². The number of piperidine rings is 1. The summed E-state index contributed by atoms with van der Waals surface area (Å²) in [6.45, 7) is 11.7. The lowest BCUT2D eigenvalue weighted by Gasteiger charge is -2.42. The molecule has 27 heavy (non-hydrogen) atoms. The first kappa shape index (κ1) is 18.5. The highest BCUT2D eigenvalue weighted by molar-refractivity contribution is 5.64. The molecular weight excluding hydrogens is 330 g/mol. The van der Waals surface area contributed by atoms with Gasteiger partial charge in [0.15, 0.2) is 0 Å². The first-order valence-electron chi connectivity index (χ1n) is 10.4. The van der Waals surface area contributed by atoms with E-state index in [0.717, 1.165) is 37.4 Å². The zero-order valence-corrected chi connectivity index (χ0v) is 17.2. The third-order valence-electron chi connectivity index (χ3n) is 6.59. The Labute approximate surface area is 164 Å². The topological polar surface area (TPSA) is 37.0 Å². The number of hydrogen-bond acceptors (Lipinski definition) is 3. The van der Waals surface area contributed by atoms with Crippen molar-refractivity contribution in [1.82, 2.24) is 10.3 Å². The van der Waals surface area contributed by atoms with E-state index in [1.54, 1.807) is 0 Å². The summed E-state index contributed by atoms with van der Waals surface area (Å²) in [7, 11) is 0. The molecule has 0 amide bonds. The molecule has 1 fully saturated rings. The Balaban J connectivity index is 1.65. The molecule has 1 aliphatic heterocycles. The van der Waals surface area contributed by atoms with E-state index in [4.69, 9.17) is 4.98 Å². The second-order valence-electron chi connectivity index (χ2n) is 9.60. The summed E-state index contributed by atoms with van der Waals surface area (Å²) in [5.41, 5.74) is 5.78. The molecule has 2 N–H and O–H groups in total. The standard InChI is InChI=1S/C24H33N3/c1-23(2)12-13-24(3,4)20-16-17(8-9-19(20)23)21-6-5-7-22(27-21)26-18-10-14-25-15-11-18/h5-9,16,18,25H,10-15H2,1-4H3,(H,26,27). The highest BCUT2D eigenvalue weighted by atomic mass is 15.0. The molecule has 0 unspecified atom stereocenters. The van der Waals surface area contributed by atoms with Crippen LogP contribution >= 0.6 is 0 Å². The molecule has 0 saturated carbocycles. The van der Waals surface area contributed by atoms with Crippen molar-refractivity contribution >= 4 is 5.82 Å². The smallest absolute Gasteiger partial charge is 0.126 e. The van der Waals surface area contributed by atoms with E-state index in [-0.39, 0.29) is 10.8 Å². The second kappa shape index (κ2) is 6.94. The minimum absolute atomic E-state index is 0.228. The number of benzene rings is 1. The SMILES string of the molecule is CC1(C)CCC(C)(C)c2cc(-c3cccc(NC4CCNCC4)n3)ccc21. The van der Waals surface area contributed by atoms with Crippen molar-refractivity contribution in [3.8, 4) is 11.3 Å². The number of fused-ring (bicyclic) bond motifs is 1. The van der Waals surface area contributed by atoms with Crippen LogP contribution in [0.25, 0.3) is 11.3 Å².